The lowest BCUT2D eigenvalue weighted by Crippen LogP contribution is -2.15. The van der Waals surface area contributed by atoms with Crippen LogP contribution >= 0.6 is 34.7 Å². The number of hydrogen-bond acceptors (Lipinski definition) is 7. The molecule has 0 fully saturated rings. The summed E-state index contributed by atoms with van der Waals surface area (Å²) >= 11 is 9.16. The number of benzene rings is 1. The Morgan fingerprint density at radius 2 is 2.00 bits per heavy atom. The average Bonchev–Trinajstić information content (AvgIpc) is 3.33. The molecule has 1 unspecified atom stereocenters. The van der Waals surface area contributed by atoms with Crippen molar-refractivity contribution in [3.8, 4) is 11.8 Å². The third-order valence-corrected chi connectivity index (χ3v) is 9.04. The minimum atomic E-state index is -0.333. The summed E-state index contributed by atoms with van der Waals surface area (Å²) in [5.74, 6) is 1.44. The first kappa shape index (κ1) is 26.5. The van der Waals surface area contributed by atoms with Crippen LogP contribution < -0.4 is 10.1 Å². The zero-order chi connectivity index (χ0) is 25.8. The number of aromatic nitrogens is 3. The Bertz CT molecular complexity index is 1290. The number of hydrogen-bond donors (Lipinski definition) is 1. The molecule has 1 aliphatic carbocycles. The molecule has 1 aromatic carbocycles. The number of anilines is 1. The van der Waals surface area contributed by atoms with Crippen LogP contribution in [0.1, 0.15) is 72.2 Å². The van der Waals surface area contributed by atoms with Gasteiger partial charge in [0.2, 0.25) is 5.91 Å². The Hall–Kier alpha value is -2.54. The van der Waals surface area contributed by atoms with Crippen LogP contribution in [-0.2, 0) is 24.2 Å². The lowest BCUT2D eigenvalue weighted by molar-refractivity contribution is -0.113. The lowest BCUT2D eigenvalue weighted by Gasteiger charge is -2.17. The van der Waals surface area contributed by atoms with Gasteiger partial charge in [-0.2, -0.15) is 5.26 Å². The fourth-order valence-electron chi connectivity index (χ4n) is 4.48. The Morgan fingerprint density at radius 3 is 2.69 bits per heavy atom. The summed E-state index contributed by atoms with van der Waals surface area (Å²) in [6, 6.07) is 6.15. The predicted octanol–water partition coefficient (Wildman–Crippen LogP) is 6.64. The molecular weight excluding hydrogens is 514 g/mol. The molecular formula is C26H30ClN5O2S2. The van der Waals surface area contributed by atoms with Crippen molar-refractivity contribution in [2.24, 2.45) is 0 Å². The van der Waals surface area contributed by atoms with Gasteiger partial charge in [-0.05, 0) is 82.2 Å². The summed E-state index contributed by atoms with van der Waals surface area (Å²) < 4.78 is 8.12. The Balaban J connectivity index is 1.42. The van der Waals surface area contributed by atoms with E-state index in [1.165, 1.54) is 23.1 Å². The number of rotatable bonds is 8. The fraction of sp³-hybridized carbons (Fsp3) is 0.462. The van der Waals surface area contributed by atoms with E-state index in [1.807, 2.05) is 44.4 Å². The Morgan fingerprint density at radius 1 is 1.28 bits per heavy atom. The minimum Gasteiger partial charge on any atom is -0.483 e. The first-order chi connectivity index (χ1) is 17.3. The third kappa shape index (κ3) is 5.72. The molecule has 1 aliphatic rings. The van der Waals surface area contributed by atoms with E-state index in [2.05, 4.69) is 21.6 Å². The van der Waals surface area contributed by atoms with Gasteiger partial charge >= 0.3 is 0 Å². The van der Waals surface area contributed by atoms with E-state index in [0.717, 1.165) is 53.1 Å². The van der Waals surface area contributed by atoms with Crippen LogP contribution in [0.3, 0.4) is 0 Å². The van der Waals surface area contributed by atoms with Crippen molar-refractivity contribution in [3.05, 3.63) is 50.1 Å². The maximum absolute atomic E-state index is 12.8. The highest BCUT2D eigenvalue weighted by Gasteiger charge is 2.23. The number of nitriles is 1. The second-order valence-electron chi connectivity index (χ2n) is 8.93. The van der Waals surface area contributed by atoms with E-state index in [9.17, 15) is 10.1 Å². The van der Waals surface area contributed by atoms with Gasteiger partial charge in [-0.25, -0.2) is 0 Å². The highest BCUT2D eigenvalue weighted by molar-refractivity contribution is 7.99. The number of nitrogens with zero attached hydrogens (tertiary/aromatic N) is 4. The van der Waals surface area contributed by atoms with Gasteiger partial charge in [-0.15, -0.1) is 21.5 Å². The van der Waals surface area contributed by atoms with Gasteiger partial charge < -0.3 is 14.6 Å². The first-order valence-corrected chi connectivity index (χ1v) is 14.3. The van der Waals surface area contributed by atoms with Crippen molar-refractivity contribution in [3.63, 3.8) is 0 Å². The number of aryl methyl sites for hydroxylation is 3. The van der Waals surface area contributed by atoms with Crippen LogP contribution in [0.2, 0.25) is 5.02 Å². The predicted molar refractivity (Wildman–Crippen MR) is 145 cm³/mol. The maximum Gasteiger partial charge on any atom is 0.235 e. The molecule has 3 aromatic rings. The number of carbonyl (C=O) groups is 1. The minimum absolute atomic E-state index is 0.156. The molecule has 0 spiro atoms. The van der Waals surface area contributed by atoms with Gasteiger partial charge in [0.25, 0.3) is 0 Å². The molecule has 2 aromatic heterocycles. The van der Waals surface area contributed by atoms with Crippen LogP contribution in [0.5, 0.6) is 5.75 Å². The van der Waals surface area contributed by atoms with Crippen molar-refractivity contribution in [2.75, 3.05) is 11.1 Å². The summed E-state index contributed by atoms with van der Waals surface area (Å²) in [5, 5.41) is 23.4. The average molecular weight is 544 g/mol. The number of halogens is 1. The van der Waals surface area contributed by atoms with Gasteiger partial charge in [0.05, 0.1) is 11.3 Å². The van der Waals surface area contributed by atoms with Crippen LogP contribution in [-0.4, -0.2) is 26.4 Å². The largest absolute Gasteiger partial charge is 0.483 e. The number of ether oxygens (including phenoxy) is 1. The van der Waals surface area contributed by atoms with Crippen LogP contribution in [0.4, 0.5) is 5.00 Å². The molecule has 0 saturated heterocycles. The normalized spacial score (nSPS) is 14.0. The number of thioether (sulfide) groups is 1. The number of thiophene rings is 1. The smallest absolute Gasteiger partial charge is 0.235 e. The second kappa shape index (κ2) is 11.7. The fourth-order valence-corrected chi connectivity index (χ4v) is 6.65. The van der Waals surface area contributed by atoms with E-state index in [-0.39, 0.29) is 17.8 Å². The van der Waals surface area contributed by atoms with Crippen molar-refractivity contribution >= 4 is 45.6 Å². The highest BCUT2D eigenvalue weighted by atomic mass is 35.5. The number of nitrogens with one attached hydrogen (secondary N) is 1. The monoisotopic (exact) mass is 543 g/mol. The molecule has 1 atom stereocenters. The van der Waals surface area contributed by atoms with E-state index in [1.54, 1.807) is 11.3 Å². The van der Waals surface area contributed by atoms with Gasteiger partial charge in [0.1, 0.15) is 16.8 Å². The molecule has 1 amide bonds. The first-order valence-electron chi connectivity index (χ1n) is 12.2. The van der Waals surface area contributed by atoms with E-state index >= 15 is 0 Å². The molecule has 10 heteroatoms. The SMILES string of the molecule is CCn1c(SCC(=O)Nc2sc3c(c2C#N)CCCCC3)nnc1C(C)Oc1cc(C)c(Cl)c(C)c1. The van der Waals surface area contributed by atoms with E-state index < -0.39 is 0 Å². The maximum atomic E-state index is 12.8. The molecule has 0 aliphatic heterocycles. The van der Waals surface area contributed by atoms with Gasteiger partial charge in [-0.1, -0.05) is 29.8 Å². The molecule has 4 rings (SSSR count). The zero-order valence-electron chi connectivity index (χ0n) is 21.0. The topological polar surface area (TPSA) is 92.8 Å². The molecule has 0 radical (unpaired) electrons. The molecule has 1 N–H and O–H groups in total. The molecule has 190 valence electrons. The standard InChI is InChI=1S/C26H30ClN5O2S2/c1-5-32-24(17(4)34-18-11-15(2)23(27)16(3)12-18)30-31-26(32)35-14-22(33)29-25-20(13-28)19-9-7-6-8-10-21(19)36-25/h11-12,17H,5-10,14H2,1-4H3,(H,29,33). The summed E-state index contributed by atoms with van der Waals surface area (Å²) in [5.41, 5.74) is 3.67. The molecule has 36 heavy (non-hydrogen) atoms. The van der Waals surface area contributed by atoms with Gasteiger partial charge in [0, 0.05) is 16.4 Å². The van der Waals surface area contributed by atoms with Gasteiger partial charge in [0.15, 0.2) is 17.1 Å². The Labute approximate surface area is 225 Å². The van der Waals surface area contributed by atoms with Crippen LogP contribution in [0.25, 0.3) is 0 Å². The molecule has 7 nitrogen and oxygen atoms in total. The lowest BCUT2D eigenvalue weighted by atomic mass is 10.1. The van der Waals surface area contributed by atoms with E-state index in [0.29, 0.717) is 28.1 Å². The van der Waals surface area contributed by atoms with Crippen LogP contribution in [0.15, 0.2) is 17.3 Å². The van der Waals surface area contributed by atoms with E-state index in [4.69, 9.17) is 16.3 Å². The summed E-state index contributed by atoms with van der Waals surface area (Å²) in [7, 11) is 0. The zero-order valence-corrected chi connectivity index (χ0v) is 23.4. The summed E-state index contributed by atoms with van der Waals surface area (Å²) in [6.45, 7) is 8.50. The number of amides is 1. The van der Waals surface area contributed by atoms with Gasteiger partial charge in [-0.3, -0.25) is 4.79 Å². The van der Waals surface area contributed by atoms with Crippen molar-refractivity contribution in [1.82, 2.24) is 14.8 Å². The quantitative estimate of drug-likeness (QED) is 0.253. The van der Waals surface area contributed by atoms with Crippen molar-refractivity contribution in [2.45, 2.75) is 77.6 Å². The van der Waals surface area contributed by atoms with Crippen LogP contribution in [0, 0.1) is 25.2 Å². The number of carbonyl (C=O) groups excluding carboxylic acids is 1. The van der Waals surface area contributed by atoms with Crippen molar-refractivity contribution < 1.29 is 9.53 Å². The second-order valence-corrected chi connectivity index (χ2v) is 11.4. The highest BCUT2D eigenvalue weighted by Crippen LogP contribution is 2.37. The van der Waals surface area contributed by atoms with Crippen molar-refractivity contribution in [1.29, 1.82) is 5.26 Å². The molecule has 2 heterocycles. The third-order valence-electron chi connectivity index (χ3n) is 6.27. The molecule has 0 saturated carbocycles. The molecule has 0 bridgehead atoms. The number of fused-ring (bicyclic) bond motifs is 1. The summed E-state index contributed by atoms with van der Waals surface area (Å²) in [6.07, 6.45) is 4.98. The Kier molecular flexibility index (Phi) is 8.60. The summed E-state index contributed by atoms with van der Waals surface area (Å²) in [4.78, 5) is 14.0.